The minimum atomic E-state index is -0.766. The molecule has 1 unspecified atom stereocenters. The van der Waals surface area contributed by atoms with Crippen molar-refractivity contribution in [1.82, 2.24) is 15.1 Å². The lowest BCUT2D eigenvalue weighted by atomic mass is 9.79. The van der Waals surface area contributed by atoms with Crippen LogP contribution in [0.25, 0.3) is 0 Å². The predicted octanol–water partition coefficient (Wildman–Crippen LogP) is 5.78. The van der Waals surface area contributed by atoms with Crippen LogP contribution < -0.4 is 5.32 Å². The third kappa shape index (κ3) is 6.66. The van der Waals surface area contributed by atoms with E-state index in [1.54, 1.807) is 0 Å². The summed E-state index contributed by atoms with van der Waals surface area (Å²) in [6, 6.07) is 16.8. The van der Waals surface area contributed by atoms with Crippen molar-refractivity contribution in [2.45, 2.75) is 96.6 Å². The van der Waals surface area contributed by atoms with E-state index in [4.69, 9.17) is 0 Å². The second-order valence-electron chi connectivity index (χ2n) is 12.5. The van der Waals surface area contributed by atoms with Crippen molar-refractivity contribution in [3.8, 4) is 0 Å². The monoisotopic (exact) mass is 517 g/mol. The molecular weight excluding hydrogens is 470 g/mol. The number of hydrogen-bond donors (Lipinski definition) is 1. The lowest BCUT2D eigenvalue weighted by molar-refractivity contribution is -0.145. The van der Waals surface area contributed by atoms with Crippen molar-refractivity contribution in [1.29, 1.82) is 0 Å². The van der Waals surface area contributed by atoms with E-state index in [9.17, 15) is 9.59 Å². The van der Waals surface area contributed by atoms with Crippen molar-refractivity contribution < 1.29 is 9.59 Å². The molecule has 1 aliphatic carbocycles. The minimum absolute atomic E-state index is 0.00425. The molecule has 0 radical (unpaired) electrons. The summed E-state index contributed by atoms with van der Waals surface area (Å²) in [6.45, 7) is 14.2. The molecular formula is C33H47N3O2. The van der Waals surface area contributed by atoms with Gasteiger partial charge in [-0.25, -0.2) is 0 Å². The van der Waals surface area contributed by atoms with Crippen LogP contribution in [0.5, 0.6) is 0 Å². The van der Waals surface area contributed by atoms with Crippen LogP contribution in [0.15, 0.2) is 48.5 Å². The number of carbonyl (C=O) groups excluding carboxylic acids is 2. The maximum Gasteiger partial charge on any atom is 0.248 e. The molecule has 2 aromatic carbocycles. The number of aryl methyl sites for hydroxylation is 2. The fraction of sp³-hybridized carbons (Fsp3) is 0.576. The van der Waals surface area contributed by atoms with Gasteiger partial charge in [0.1, 0.15) is 5.54 Å². The van der Waals surface area contributed by atoms with Crippen molar-refractivity contribution in [2.24, 2.45) is 0 Å². The molecule has 0 bridgehead atoms. The topological polar surface area (TPSA) is 52.7 Å². The van der Waals surface area contributed by atoms with Gasteiger partial charge in [-0.2, -0.15) is 0 Å². The Bertz CT molecular complexity index is 1110. The van der Waals surface area contributed by atoms with Crippen LogP contribution in [0.2, 0.25) is 0 Å². The first-order chi connectivity index (χ1) is 18.1. The molecule has 1 aliphatic heterocycles. The van der Waals surface area contributed by atoms with Crippen LogP contribution in [0.1, 0.15) is 87.5 Å². The van der Waals surface area contributed by atoms with Gasteiger partial charge in [0.15, 0.2) is 0 Å². The number of piperazine rings is 1. The third-order valence-electron chi connectivity index (χ3n) is 8.80. The Kier molecular flexibility index (Phi) is 8.97. The fourth-order valence-corrected chi connectivity index (χ4v) is 6.41. The molecule has 38 heavy (non-hydrogen) atoms. The molecule has 1 saturated carbocycles. The molecule has 5 heteroatoms. The molecule has 1 saturated heterocycles. The Hall–Kier alpha value is -2.66. The van der Waals surface area contributed by atoms with Crippen molar-refractivity contribution in [2.75, 3.05) is 26.2 Å². The lowest BCUT2D eigenvalue weighted by Gasteiger charge is -2.46. The van der Waals surface area contributed by atoms with E-state index in [-0.39, 0.29) is 23.3 Å². The van der Waals surface area contributed by atoms with Gasteiger partial charge in [-0.3, -0.25) is 14.5 Å². The van der Waals surface area contributed by atoms with Gasteiger partial charge in [0.25, 0.3) is 0 Å². The molecule has 2 fully saturated rings. The van der Waals surface area contributed by atoms with Gasteiger partial charge in [0.05, 0.1) is 0 Å². The van der Waals surface area contributed by atoms with Crippen LogP contribution in [0.3, 0.4) is 0 Å². The maximum atomic E-state index is 14.0. The summed E-state index contributed by atoms with van der Waals surface area (Å²) < 4.78 is 0. The molecule has 1 N–H and O–H groups in total. The number of carbonyl (C=O) groups is 2. The summed E-state index contributed by atoms with van der Waals surface area (Å²) in [5, 5.41) is 3.35. The minimum Gasteiger partial charge on any atom is -0.342 e. The van der Waals surface area contributed by atoms with Crippen molar-refractivity contribution in [3.05, 3.63) is 70.8 Å². The zero-order valence-electron chi connectivity index (χ0n) is 24.2. The van der Waals surface area contributed by atoms with E-state index in [1.165, 1.54) is 22.3 Å². The molecule has 0 aromatic heterocycles. The van der Waals surface area contributed by atoms with Crippen LogP contribution in [-0.4, -0.2) is 58.9 Å². The Morgan fingerprint density at radius 3 is 2.08 bits per heavy atom. The number of benzene rings is 2. The SMILES string of the molecule is Cc1ccccc1CC(CC(=O)NC1(C(=O)N2CCN(C(C)(C)C)CC2)CCCCC1)c1ccccc1C. The van der Waals surface area contributed by atoms with E-state index in [1.807, 2.05) is 4.90 Å². The highest BCUT2D eigenvalue weighted by Crippen LogP contribution is 2.33. The number of nitrogens with one attached hydrogen (secondary N) is 1. The number of rotatable bonds is 7. The highest BCUT2D eigenvalue weighted by atomic mass is 16.2. The molecule has 2 amide bonds. The summed E-state index contributed by atoms with van der Waals surface area (Å²) >= 11 is 0. The molecule has 1 heterocycles. The van der Waals surface area contributed by atoms with Gasteiger partial charge in [0.2, 0.25) is 11.8 Å². The molecule has 2 aromatic rings. The number of amides is 2. The summed E-state index contributed by atoms with van der Waals surface area (Å²) in [5.41, 5.74) is 4.28. The molecule has 0 spiro atoms. The fourth-order valence-electron chi connectivity index (χ4n) is 6.41. The summed E-state index contributed by atoms with van der Waals surface area (Å²) in [4.78, 5) is 32.2. The van der Waals surface area contributed by atoms with Crippen LogP contribution in [0.4, 0.5) is 0 Å². The average Bonchev–Trinajstić information content (AvgIpc) is 2.89. The Labute approximate surface area is 230 Å². The van der Waals surface area contributed by atoms with Crippen LogP contribution in [-0.2, 0) is 16.0 Å². The smallest absolute Gasteiger partial charge is 0.248 e. The van der Waals surface area contributed by atoms with Gasteiger partial charge in [-0.05, 0) is 82.1 Å². The predicted molar refractivity (Wildman–Crippen MR) is 155 cm³/mol. The van der Waals surface area contributed by atoms with Gasteiger partial charge in [-0.15, -0.1) is 0 Å². The first-order valence-electron chi connectivity index (χ1n) is 14.5. The normalized spacial score (nSPS) is 19.1. The Morgan fingerprint density at radius 1 is 0.868 bits per heavy atom. The molecule has 2 aliphatic rings. The van der Waals surface area contributed by atoms with E-state index >= 15 is 0 Å². The number of hydrogen-bond acceptors (Lipinski definition) is 3. The van der Waals surface area contributed by atoms with E-state index in [0.29, 0.717) is 6.42 Å². The largest absolute Gasteiger partial charge is 0.342 e. The summed E-state index contributed by atoms with van der Waals surface area (Å²) in [7, 11) is 0. The second kappa shape index (κ2) is 12.0. The van der Waals surface area contributed by atoms with Gasteiger partial charge >= 0.3 is 0 Å². The summed E-state index contributed by atoms with van der Waals surface area (Å²) in [5.74, 6) is 0.184. The zero-order valence-corrected chi connectivity index (χ0v) is 24.2. The third-order valence-corrected chi connectivity index (χ3v) is 8.80. The van der Waals surface area contributed by atoms with E-state index in [2.05, 4.69) is 93.4 Å². The van der Waals surface area contributed by atoms with Crippen molar-refractivity contribution >= 4 is 11.8 Å². The van der Waals surface area contributed by atoms with Gasteiger partial charge in [-0.1, -0.05) is 67.8 Å². The second-order valence-corrected chi connectivity index (χ2v) is 12.5. The first-order valence-corrected chi connectivity index (χ1v) is 14.5. The number of nitrogens with zero attached hydrogens (tertiary/aromatic N) is 2. The van der Waals surface area contributed by atoms with Crippen LogP contribution in [0, 0.1) is 13.8 Å². The standard InChI is InChI=1S/C33H47N3O2/c1-25-13-7-9-15-27(25)23-28(29-16-10-8-14-26(29)2)24-30(37)34-33(17-11-6-12-18-33)31(38)35-19-21-36(22-20-35)32(3,4)5/h7-10,13-16,28H,6,11-12,17-24H2,1-5H3,(H,34,37). The summed E-state index contributed by atoms with van der Waals surface area (Å²) in [6.07, 6.45) is 5.76. The first kappa shape index (κ1) is 28.4. The quantitative estimate of drug-likeness (QED) is 0.506. The molecule has 206 valence electrons. The van der Waals surface area contributed by atoms with E-state index < -0.39 is 5.54 Å². The lowest BCUT2D eigenvalue weighted by Crippen LogP contribution is -2.64. The Balaban J connectivity index is 1.51. The molecule has 1 atom stereocenters. The zero-order chi connectivity index (χ0) is 27.3. The van der Waals surface area contributed by atoms with Crippen LogP contribution >= 0.6 is 0 Å². The highest BCUT2D eigenvalue weighted by Gasteiger charge is 2.44. The average molecular weight is 518 g/mol. The highest BCUT2D eigenvalue weighted by molar-refractivity contribution is 5.92. The van der Waals surface area contributed by atoms with E-state index in [0.717, 1.165) is 64.7 Å². The van der Waals surface area contributed by atoms with Crippen molar-refractivity contribution in [3.63, 3.8) is 0 Å². The van der Waals surface area contributed by atoms with Gasteiger partial charge in [0, 0.05) is 38.1 Å². The van der Waals surface area contributed by atoms with Gasteiger partial charge < -0.3 is 10.2 Å². The Morgan fingerprint density at radius 2 is 1.47 bits per heavy atom. The maximum absolute atomic E-state index is 14.0. The molecule has 4 rings (SSSR count). The molecule has 5 nitrogen and oxygen atoms in total.